The molecule has 0 saturated heterocycles. The number of amides is 1. The van der Waals surface area contributed by atoms with E-state index in [1.807, 2.05) is 18.7 Å². The lowest BCUT2D eigenvalue weighted by Crippen LogP contribution is -2.40. The number of carbonyl (C=O) groups is 1. The summed E-state index contributed by atoms with van der Waals surface area (Å²) in [6.07, 6.45) is 0. The van der Waals surface area contributed by atoms with Gasteiger partial charge in [0.1, 0.15) is 0 Å². The van der Waals surface area contributed by atoms with Crippen molar-refractivity contribution < 1.29 is 4.79 Å². The summed E-state index contributed by atoms with van der Waals surface area (Å²) in [4.78, 5) is 15.6. The molecule has 0 radical (unpaired) electrons. The molecule has 5 heteroatoms. The van der Waals surface area contributed by atoms with Gasteiger partial charge in [-0.05, 0) is 6.54 Å². The monoisotopic (exact) mass is 231 g/mol. The molecule has 0 aromatic heterocycles. The minimum atomic E-state index is 0.104. The molecule has 1 unspecified atom stereocenters. The molecule has 0 heterocycles. The van der Waals surface area contributed by atoms with Crippen molar-refractivity contribution in [3.63, 3.8) is 0 Å². The summed E-state index contributed by atoms with van der Waals surface area (Å²) in [7, 11) is 3.51. The maximum Gasteiger partial charge on any atom is 0.236 e. The van der Waals surface area contributed by atoms with Crippen molar-refractivity contribution in [1.82, 2.24) is 9.80 Å². The van der Waals surface area contributed by atoms with E-state index in [4.69, 9.17) is 18.0 Å². The van der Waals surface area contributed by atoms with Gasteiger partial charge in [-0.25, -0.2) is 0 Å². The standard InChI is InChI=1S/C10H21N3OS/c1-5-13(6-8(2)10(11)15)7-9(14)12(3)4/h8H,5-7H2,1-4H3,(H2,11,15). The summed E-state index contributed by atoms with van der Waals surface area (Å²) < 4.78 is 0. The van der Waals surface area contributed by atoms with Gasteiger partial charge in [-0.3, -0.25) is 9.69 Å². The Bertz CT molecular complexity index is 231. The summed E-state index contributed by atoms with van der Waals surface area (Å²) in [6.45, 7) is 5.99. The minimum Gasteiger partial charge on any atom is -0.393 e. The van der Waals surface area contributed by atoms with E-state index in [9.17, 15) is 4.79 Å². The Hall–Kier alpha value is -0.680. The van der Waals surface area contributed by atoms with Crippen LogP contribution in [0.15, 0.2) is 0 Å². The molecule has 88 valence electrons. The first-order valence-corrected chi connectivity index (χ1v) is 5.51. The molecule has 0 bridgehead atoms. The average Bonchev–Trinajstić information content (AvgIpc) is 2.15. The van der Waals surface area contributed by atoms with Crippen molar-refractivity contribution in [3.05, 3.63) is 0 Å². The third-order valence-electron chi connectivity index (χ3n) is 2.32. The third-order valence-corrected chi connectivity index (χ3v) is 2.73. The lowest BCUT2D eigenvalue weighted by molar-refractivity contribution is -0.129. The summed E-state index contributed by atoms with van der Waals surface area (Å²) in [5.41, 5.74) is 5.54. The molecule has 0 aliphatic carbocycles. The Labute approximate surface area is 97.4 Å². The summed E-state index contributed by atoms with van der Waals surface area (Å²) in [6, 6.07) is 0. The van der Waals surface area contributed by atoms with Crippen LogP contribution < -0.4 is 5.73 Å². The van der Waals surface area contributed by atoms with Crippen LogP contribution in [0.2, 0.25) is 0 Å². The van der Waals surface area contributed by atoms with Crippen molar-refractivity contribution in [1.29, 1.82) is 0 Å². The fourth-order valence-electron chi connectivity index (χ4n) is 1.12. The molecule has 0 saturated carbocycles. The highest BCUT2D eigenvalue weighted by molar-refractivity contribution is 7.80. The maximum atomic E-state index is 11.5. The molecule has 0 aliphatic heterocycles. The Morgan fingerprint density at radius 3 is 2.33 bits per heavy atom. The zero-order chi connectivity index (χ0) is 12.0. The predicted octanol–water partition coefficient (Wildman–Crippen LogP) is 0.319. The van der Waals surface area contributed by atoms with Gasteiger partial charge in [0.25, 0.3) is 0 Å². The second-order valence-corrected chi connectivity index (χ2v) is 4.39. The number of nitrogens with zero attached hydrogens (tertiary/aromatic N) is 2. The molecule has 4 nitrogen and oxygen atoms in total. The largest absolute Gasteiger partial charge is 0.393 e. The molecule has 0 aromatic rings. The Balaban J connectivity index is 4.14. The first-order chi connectivity index (χ1) is 6.88. The van der Waals surface area contributed by atoms with Crippen molar-refractivity contribution >= 4 is 23.1 Å². The number of hydrogen-bond acceptors (Lipinski definition) is 3. The Morgan fingerprint density at radius 1 is 1.47 bits per heavy atom. The fourth-order valence-corrected chi connectivity index (χ4v) is 1.19. The van der Waals surface area contributed by atoms with Crippen LogP contribution in [-0.2, 0) is 4.79 Å². The van der Waals surface area contributed by atoms with Gasteiger partial charge in [-0.1, -0.05) is 26.1 Å². The van der Waals surface area contributed by atoms with E-state index in [1.54, 1.807) is 19.0 Å². The highest BCUT2D eigenvalue weighted by Gasteiger charge is 2.14. The lowest BCUT2D eigenvalue weighted by Gasteiger charge is -2.24. The molecule has 1 atom stereocenters. The molecular formula is C10H21N3OS. The van der Waals surface area contributed by atoms with Gasteiger partial charge in [0, 0.05) is 26.6 Å². The maximum absolute atomic E-state index is 11.5. The van der Waals surface area contributed by atoms with Crippen LogP contribution in [-0.4, -0.2) is 54.4 Å². The van der Waals surface area contributed by atoms with Gasteiger partial charge in [0.05, 0.1) is 11.5 Å². The zero-order valence-corrected chi connectivity index (χ0v) is 10.8. The summed E-state index contributed by atoms with van der Waals surface area (Å²) in [5.74, 6) is 0.252. The van der Waals surface area contributed by atoms with E-state index in [2.05, 4.69) is 0 Å². The van der Waals surface area contributed by atoms with Gasteiger partial charge in [-0.2, -0.15) is 0 Å². The summed E-state index contributed by atoms with van der Waals surface area (Å²) in [5, 5.41) is 0. The Kier molecular flexibility index (Phi) is 6.43. The third kappa shape index (κ3) is 5.69. The fraction of sp³-hybridized carbons (Fsp3) is 0.800. The van der Waals surface area contributed by atoms with Gasteiger partial charge < -0.3 is 10.6 Å². The van der Waals surface area contributed by atoms with Crippen LogP contribution in [0.5, 0.6) is 0 Å². The van der Waals surface area contributed by atoms with Gasteiger partial charge in [0.15, 0.2) is 0 Å². The van der Waals surface area contributed by atoms with Crippen LogP contribution >= 0.6 is 12.2 Å². The topological polar surface area (TPSA) is 49.6 Å². The molecule has 1 amide bonds. The molecule has 0 fully saturated rings. The molecule has 0 aromatic carbocycles. The second kappa shape index (κ2) is 6.74. The lowest BCUT2D eigenvalue weighted by atomic mass is 10.1. The first-order valence-electron chi connectivity index (χ1n) is 5.10. The van der Waals surface area contributed by atoms with E-state index in [-0.39, 0.29) is 11.8 Å². The number of likely N-dealkylation sites (N-methyl/N-ethyl adjacent to an activating group) is 2. The first kappa shape index (κ1) is 14.3. The van der Waals surface area contributed by atoms with Crippen LogP contribution in [0.4, 0.5) is 0 Å². The van der Waals surface area contributed by atoms with Crippen molar-refractivity contribution in [2.75, 3.05) is 33.7 Å². The minimum absolute atomic E-state index is 0.104. The average molecular weight is 231 g/mol. The van der Waals surface area contributed by atoms with E-state index < -0.39 is 0 Å². The number of nitrogens with two attached hydrogens (primary N) is 1. The zero-order valence-electron chi connectivity index (χ0n) is 9.99. The second-order valence-electron chi connectivity index (χ2n) is 3.92. The molecule has 0 aliphatic rings. The molecule has 0 spiro atoms. The SMILES string of the molecule is CCN(CC(=O)N(C)C)CC(C)C(N)=S. The highest BCUT2D eigenvalue weighted by Crippen LogP contribution is 2.00. The smallest absolute Gasteiger partial charge is 0.236 e. The molecule has 15 heavy (non-hydrogen) atoms. The van der Waals surface area contributed by atoms with E-state index in [0.29, 0.717) is 11.5 Å². The number of carbonyl (C=O) groups excluding carboxylic acids is 1. The van der Waals surface area contributed by atoms with Gasteiger partial charge in [-0.15, -0.1) is 0 Å². The van der Waals surface area contributed by atoms with Crippen molar-refractivity contribution in [2.45, 2.75) is 13.8 Å². The molecule has 2 N–H and O–H groups in total. The van der Waals surface area contributed by atoms with Gasteiger partial charge in [0.2, 0.25) is 5.91 Å². The normalized spacial score (nSPS) is 12.6. The predicted molar refractivity (Wildman–Crippen MR) is 66.8 cm³/mol. The van der Waals surface area contributed by atoms with Crippen molar-refractivity contribution in [3.8, 4) is 0 Å². The van der Waals surface area contributed by atoms with Crippen LogP contribution in [0.1, 0.15) is 13.8 Å². The van der Waals surface area contributed by atoms with Crippen LogP contribution in [0, 0.1) is 5.92 Å². The quantitative estimate of drug-likeness (QED) is 0.669. The number of hydrogen-bond donors (Lipinski definition) is 1. The number of thiocarbonyl (C=S) groups is 1. The summed E-state index contributed by atoms with van der Waals surface area (Å²) >= 11 is 4.91. The van der Waals surface area contributed by atoms with Crippen LogP contribution in [0.25, 0.3) is 0 Å². The number of rotatable bonds is 6. The Morgan fingerprint density at radius 2 is 2.00 bits per heavy atom. The molecular weight excluding hydrogens is 210 g/mol. The van der Waals surface area contributed by atoms with Crippen molar-refractivity contribution in [2.24, 2.45) is 11.7 Å². The van der Waals surface area contributed by atoms with Crippen LogP contribution in [0.3, 0.4) is 0 Å². The van der Waals surface area contributed by atoms with E-state index in [0.717, 1.165) is 13.1 Å². The molecule has 0 rings (SSSR count). The highest BCUT2D eigenvalue weighted by atomic mass is 32.1. The van der Waals surface area contributed by atoms with Gasteiger partial charge >= 0.3 is 0 Å². The van der Waals surface area contributed by atoms with E-state index in [1.165, 1.54) is 0 Å². The van der Waals surface area contributed by atoms with E-state index >= 15 is 0 Å².